The molecule has 1 aliphatic rings. The van der Waals surface area contributed by atoms with Crippen molar-refractivity contribution in [2.75, 3.05) is 12.3 Å². The Kier molecular flexibility index (Phi) is 13.4. The number of rotatable bonds is 18. The molecule has 6 nitrogen and oxygen atoms in total. The van der Waals surface area contributed by atoms with E-state index in [1.54, 1.807) is 12.1 Å². The molecule has 1 aromatic carbocycles. The van der Waals surface area contributed by atoms with Gasteiger partial charge in [-0.2, -0.15) is 0 Å². The van der Waals surface area contributed by atoms with Crippen LogP contribution in [0.3, 0.4) is 0 Å². The topological polar surface area (TPSA) is 95.7 Å². The summed E-state index contributed by atoms with van der Waals surface area (Å²) < 4.78 is 22.8. The van der Waals surface area contributed by atoms with Gasteiger partial charge < -0.3 is 0 Å². The second kappa shape index (κ2) is 15.7. The molecular formula is C27H44NO5Ti. The average Bonchev–Trinajstić information content (AvgIpc) is 3.22. The summed E-state index contributed by atoms with van der Waals surface area (Å²) in [4.78, 5) is 25.0. The van der Waals surface area contributed by atoms with Crippen LogP contribution in [0.25, 0.3) is 0 Å². The number of unbranched alkanes of at least 4 members (excludes halogenated alkanes) is 11. The molecule has 0 bridgehead atoms. The summed E-state index contributed by atoms with van der Waals surface area (Å²) in [6.45, 7) is 4.50. The van der Waals surface area contributed by atoms with Crippen molar-refractivity contribution in [1.29, 1.82) is 0 Å². The molecule has 1 fully saturated rings. The Labute approximate surface area is 210 Å². The molecular weight excluding hydrogens is 466 g/mol. The fourth-order valence-electron chi connectivity index (χ4n) is 4.31. The molecule has 0 aliphatic carbocycles. The average molecular weight is 511 g/mol. The number of benzene rings is 1. The molecule has 1 heterocycles. The molecule has 2 atom stereocenters. The van der Waals surface area contributed by atoms with Gasteiger partial charge in [0.25, 0.3) is 0 Å². The number of ketones is 1. The molecule has 34 heavy (non-hydrogen) atoms. The summed E-state index contributed by atoms with van der Waals surface area (Å²) >= 11 is -4.89. The van der Waals surface area contributed by atoms with E-state index in [-0.39, 0.29) is 18.0 Å². The third kappa shape index (κ3) is 10.6. The maximum absolute atomic E-state index is 12.8. The zero-order chi connectivity index (χ0) is 24.8. The summed E-state index contributed by atoms with van der Waals surface area (Å²) in [5, 5.41) is 0. The Morgan fingerprint density at radius 3 is 1.91 bits per heavy atom. The van der Waals surface area contributed by atoms with E-state index in [9.17, 15) is 12.9 Å². The van der Waals surface area contributed by atoms with Crippen LogP contribution in [0.1, 0.15) is 114 Å². The number of carbonyl (C=O) groups excluding carboxylic acids is 2. The molecule has 0 radical (unpaired) electrons. The molecule has 0 aromatic heterocycles. The molecule has 2 rings (SSSR count). The van der Waals surface area contributed by atoms with E-state index in [1.807, 2.05) is 0 Å². The first-order valence-electron chi connectivity index (χ1n) is 13.3. The van der Waals surface area contributed by atoms with Gasteiger partial charge in [-0.15, -0.1) is 0 Å². The third-order valence-corrected chi connectivity index (χ3v) is 9.59. The number of nitrogens with two attached hydrogens (primary N) is 1. The van der Waals surface area contributed by atoms with Crippen molar-refractivity contribution in [3.8, 4) is 0 Å². The van der Waals surface area contributed by atoms with Gasteiger partial charge in [-0.1, -0.05) is 46.0 Å². The van der Waals surface area contributed by atoms with Crippen molar-refractivity contribution < 1.29 is 36.9 Å². The molecule has 0 amide bonds. The van der Waals surface area contributed by atoms with E-state index >= 15 is 0 Å². The van der Waals surface area contributed by atoms with E-state index < -0.39 is 27.5 Å². The predicted octanol–water partition coefficient (Wildman–Crippen LogP) is 6.84. The van der Waals surface area contributed by atoms with Crippen molar-refractivity contribution in [2.45, 2.75) is 110 Å². The van der Waals surface area contributed by atoms with Crippen molar-refractivity contribution >= 4 is 15.6 Å². The molecule has 1 aliphatic heterocycles. The first-order chi connectivity index (χ1) is 16.3. The van der Waals surface area contributed by atoms with Crippen LogP contribution in [0.2, 0.25) is 0 Å². The Hall–Kier alpha value is -1.21. The Morgan fingerprint density at radius 1 is 0.882 bits per heavy atom. The number of nitrogen functional groups attached to an aromatic ring is 1. The van der Waals surface area contributed by atoms with Crippen molar-refractivity contribution in [2.24, 2.45) is 5.92 Å². The summed E-state index contributed by atoms with van der Waals surface area (Å²) in [6.07, 6.45) is 15.7. The third-order valence-electron chi connectivity index (χ3n) is 6.49. The first kappa shape index (κ1) is 29.0. The number of hydrogen-bond acceptors (Lipinski definition) is 6. The molecule has 191 valence electrons. The minimum atomic E-state index is -4.89. The standard InChI is InChI=1S/C20H38O3.C7H6NO.O.Ti/c1-18(2)15-13-11-9-7-5-3-4-6-8-10-12-14-16-19(22)20(23)17-21;8-7-3-1-6(5-9)2-4-7;;/h18,20H,3-17H2,1-2H3;1-4H,8H2;;/q-2;;;+2. The van der Waals surface area contributed by atoms with Crippen LogP contribution >= 0.6 is 0 Å². The Bertz CT molecular complexity index is 793. The predicted molar refractivity (Wildman–Crippen MR) is 131 cm³/mol. The van der Waals surface area contributed by atoms with Gasteiger partial charge in [0, 0.05) is 0 Å². The Morgan fingerprint density at radius 2 is 1.38 bits per heavy atom. The molecule has 2 unspecified atom stereocenters. The van der Waals surface area contributed by atoms with E-state index in [4.69, 9.17) is 12.4 Å². The number of carbonyl (C=O) groups is 2. The summed E-state index contributed by atoms with van der Waals surface area (Å²) in [6, 6.07) is 6.12. The zero-order valence-electron chi connectivity index (χ0n) is 21.2. The quantitative estimate of drug-likeness (QED) is 0.132. The van der Waals surface area contributed by atoms with Crippen LogP contribution in [0.4, 0.5) is 5.69 Å². The van der Waals surface area contributed by atoms with Gasteiger partial charge in [-0.05, 0) is 5.92 Å². The summed E-state index contributed by atoms with van der Waals surface area (Å²) in [7, 11) is 0. The molecule has 2 N–H and O–H groups in total. The molecule has 7 heteroatoms. The van der Waals surface area contributed by atoms with Crippen LogP contribution in [-0.4, -0.2) is 22.6 Å². The van der Waals surface area contributed by atoms with Gasteiger partial charge in [-0.25, -0.2) is 0 Å². The SMILES string of the molecule is CC(C)CCCCCCCCCCCCCCC(=O)C1C[O][Ti](=[O])([C](=O)c2ccc(N)cc2)[O]1. The van der Waals surface area contributed by atoms with E-state index in [0.29, 0.717) is 12.1 Å². The monoisotopic (exact) mass is 510 g/mol. The maximum atomic E-state index is 12.8. The van der Waals surface area contributed by atoms with Crippen LogP contribution in [0.15, 0.2) is 24.3 Å². The number of Topliss-reactive ketones (excluding diaryl/α,β-unsaturated/α-hetero) is 1. The first-order valence-corrected chi connectivity index (χ1v) is 16.0. The number of hydrogen-bond donors (Lipinski definition) is 1. The van der Waals surface area contributed by atoms with Crippen molar-refractivity contribution in [1.82, 2.24) is 0 Å². The number of anilines is 1. The normalized spacial score (nSPS) is 20.1. The molecule has 1 aromatic rings. The Balaban J connectivity index is 1.48. The van der Waals surface area contributed by atoms with Gasteiger partial charge >= 0.3 is 159 Å². The summed E-state index contributed by atoms with van der Waals surface area (Å²) in [5.41, 5.74) is 6.37. The van der Waals surface area contributed by atoms with Crippen molar-refractivity contribution in [3.63, 3.8) is 0 Å². The van der Waals surface area contributed by atoms with Crippen molar-refractivity contribution in [3.05, 3.63) is 29.8 Å². The summed E-state index contributed by atoms with van der Waals surface area (Å²) in [5.74, 6) is 0.709. The van der Waals surface area contributed by atoms with Gasteiger partial charge in [0.2, 0.25) is 0 Å². The molecule has 1 saturated heterocycles. The van der Waals surface area contributed by atoms with E-state index in [0.717, 1.165) is 25.2 Å². The van der Waals surface area contributed by atoms with Crippen LogP contribution in [-0.2, 0) is 32.1 Å². The van der Waals surface area contributed by atoms with Gasteiger partial charge in [0.05, 0.1) is 0 Å². The molecule has 0 saturated carbocycles. The van der Waals surface area contributed by atoms with Crippen LogP contribution in [0, 0.1) is 5.92 Å². The van der Waals surface area contributed by atoms with Crippen LogP contribution in [0.5, 0.6) is 0 Å². The minimum absolute atomic E-state index is 0.0965. The van der Waals surface area contributed by atoms with E-state index in [1.165, 1.54) is 76.3 Å². The van der Waals surface area contributed by atoms with Gasteiger partial charge in [0.1, 0.15) is 0 Å². The van der Waals surface area contributed by atoms with Gasteiger partial charge in [-0.3, -0.25) is 0 Å². The van der Waals surface area contributed by atoms with Gasteiger partial charge in [0.15, 0.2) is 0 Å². The second-order valence-corrected chi connectivity index (χ2v) is 13.3. The zero-order valence-corrected chi connectivity index (χ0v) is 22.8. The van der Waals surface area contributed by atoms with Crippen LogP contribution < -0.4 is 5.73 Å². The fraction of sp³-hybridized carbons (Fsp3) is 0.704. The second-order valence-electron chi connectivity index (χ2n) is 10.1. The van der Waals surface area contributed by atoms with E-state index in [2.05, 4.69) is 13.8 Å². The molecule has 0 spiro atoms. The fourth-order valence-corrected chi connectivity index (χ4v) is 7.08.